The summed E-state index contributed by atoms with van der Waals surface area (Å²) in [7, 11) is 0. The Kier molecular flexibility index (Phi) is 4.55. The number of H-pyrrole nitrogens is 1. The second-order valence-corrected chi connectivity index (χ2v) is 8.35. The zero-order chi connectivity index (χ0) is 20.7. The van der Waals surface area contributed by atoms with Crippen LogP contribution in [0.4, 0.5) is 5.69 Å². The third-order valence-electron chi connectivity index (χ3n) is 5.30. The van der Waals surface area contributed by atoms with Gasteiger partial charge in [0, 0.05) is 11.9 Å². The number of rotatable bonds is 4. The minimum atomic E-state index is -1.07. The molecule has 0 atom stereocenters. The average molecular weight is 418 g/mol. The highest BCUT2D eigenvalue weighted by atomic mass is 32.1. The van der Waals surface area contributed by atoms with Crippen molar-refractivity contribution < 1.29 is 14.7 Å². The van der Waals surface area contributed by atoms with Crippen LogP contribution in [-0.4, -0.2) is 31.9 Å². The van der Waals surface area contributed by atoms with E-state index >= 15 is 0 Å². The van der Waals surface area contributed by atoms with Crippen molar-refractivity contribution in [3.8, 4) is 10.6 Å². The largest absolute Gasteiger partial charge is 0.478 e. The van der Waals surface area contributed by atoms with Crippen LogP contribution < -0.4 is 5.32 Å². The van der Waals surface area contributed by atoms with Gasteiger partial charge in [0.25, 0.3) is 5.91 Å². The van der Waals surface area contributed by atoms with Crippen LogP contribution in [-0.2, 0) is 12.8 Å². The number of aromatic carboxylic acids is 1. The van der Waals surface area contributed by atoms with E-state index in [1.807, 2.05) is 6.07 Å². The molecule has 0 saturated heterocycles. The molecular weight excluding hydrogens is 400 g/mol. The number of nitrogens with one attached hydrogen (secondary N) is 2. The van der Waals surface area contributed by atoms with Crippen LogP contribution in [0.3, 0.4) is 0 Å². The Bertz CT molecular complexity index is 1290. The first-order valence-electron chi connectivity index (χ1n) is 9.69. The number of carbonyl (C=O) groups excluding carboxylic acids is 1. The Morgan fingerprint density at radius 1 is 1.10 bits per heavy atom. The Morgan fingerprint density at radius 2 is 1.93 bits per heavy atom. The van der Waals surface area contributed by atoms with Crippen LogP contribution in [0.5, 0.6) is 0 Å². The van der Waals surface area contributed by atoms with E-state index in [0.29, 0.717) is 21.7 Å². The number of carboxylic acid groups (broad SMARTS) is 1. The molecule has 0 fully saturated rings. The predicted octanol–water partition coefficient (Wildman–Crippen LogP) is 4.52. The highest BCUT2D eigenvalue weighted by Gasteiger charge is 2.17. The number of aromatic amines is 1. The van der Waals surface area contributed by atoms with Crippen molar-refractivity contribution in [3.63, 3.8) is 0 Å². The minimum Gasteiger partial charge on any atom is -0.478 e. The summed E-state index contributed by atoms with van der Waals surface area (Å²) < 4.78 is 0. The number of nitrogens with zero attached hydrogens (tertiary/aromatic N) is 2. The lowest BCUT2D eigenvalue weighted by Gasteiger charge is -2.16. The van der Waals surface area contributed by atoms with Crippen molar-refractivity contribution in [2.75, 3.05) is 5.32 Å². The third kappa shape index (κ3) is 3.35. The van der Waals surface area contributed by atoms with E-state index in [1.165, 1.54) is 41.5 Å². The topological polar surface area (TPSA) is 108 Å². The second kappa shape index (κ2) is 7.38. The highest BCUT2D eigenvalue weighted by Crippen LogP contribution is 2.29. The lowest BCUT2D eigenvalue weighted by molar-refractivity contribution is 0.0698. The maximum absolute atomic E-state index is 12.7. The number of carboxylic acids is 1. The monoisotopic (exact) mass is 418 g/mol. The number of anilines is 1. The van der Waals surface area contributed by atoms with Gasteiger partial charge in [-0.3, -0.25) is 4.79 Å². The Labute approximate surface area is 175 Å². The average Bonchev–Trinajstić information content (AvgIpc) is 3.40. The quantitative estimate of drug-likeness (QED) is 0.452. The van der Waals surface area contributed by atoms with Crippen molar-refractivity contribution in [1.29, 1.82) is 0 Å². The molecule has 0 bridgehead atoms. The van der Waals surface area contributed by atoms with Gasteiger partial charge in [-0.05, 0) is 61.1 Å². The van der Waals surface area contributed by atoms with Crippen LogP contribution >= 0.6 is 11.3 Å². The van der Waals surface area contributed by atoms with E-state index in [4.69, 9.17) is 0 Å². The van der Waals surface area contributed by atoms with Crippen LogP contribution in [0, 0.1) is 0 Å². The van der Waals surface area contributed by atoms with Gasteiger partial charge in [0.05, 0.1) is 21.6 Å². The first-order valence-corrected chi connectivity index (χ1v) is 10.5. The van der Waals surface area contributed by atoms with Crippen molar-refractivity contribution in [3.05, 3.63) is 64.3 Å². The number of hydrogen-bond acceptors (Lipinski definition) is 5. The SMILES string of the molecule is O=C(Nc1ccc2c(c1)CCCC2)c1ccc(-c2cnc3[nH]cc(C(=O)O)c3n2)s1. The number of fused-ring (bicyclic) bond motifs is 2. The number of hydrogen-bond donors (Lipinski definition) is 3. The molecule has 0 aliphatic heterocycles. The molecule has 3 aromatic heterocycles. The molecule has 7 nitrogen and oxygen atoms in total. The van der Waals surface area contributed by atoms with Crippen molar-refractivity contribution in [1.82, 2.24) is 15.0 Å². The number of thiophene rings is 1. The molecule has 0 unspecified atom stereocenters. The molecule has 5 rings (SSSR count). The van der Waals surface area contributed by atoms with Gasteiger partial charge in [0.1, 0.15) is 11.1 Å². The molecule has 4 aromatic rings. The van der Waals surface area contributed by atoms with E-state index < -0.39 is 5.97 Å². The molecule has 150 valence electrons. The Balaban J connectivity index is 1.38. The fourth-order valence-corrected chi connectivity index (χ4v) is 4.63. The number of benzene rings is 1. The molecule has 1 aliphatic carbocycles. The van der Waals surface area contributed by atoms with Gasteiger partial charge in [0.15, 0.2) is 5.65 Å². The van der Waals surface area contributed by atoms with Crippen molar-refractivity contribution >= 4 is 40.1 Å². The molecule has 8 heteroatoms. The number of amides is 1. The Hall–Kier alpha value is -3.52. The van der Waals surface area contributed by atoms with E-state index in [1.54, 1.807) is 18.3 Å². The summed E-state index contributed by atoms with van der Waals surface area (Å²) >= 11 is 1.30. The van der Waals surface area contributed by atoms with Crippen LogP contribution in [0.1, 0.15) is 44.0 Å². The van der Waals surface area contributed by atoms with Gasteiger partial charge < -0.3 is 15.4 Å². The first-order chi connectivity index (χ1) is 14.6. The van der Waals surface area contributed by atoms with Gasteiger partial charge in [-0.25, -0.2) is 14.8 Å². The molecule has 0 spiro atoms. The standard InChI is InChI=1S/C22H18N4O3S/c27-21(25-14-6-5-12-3-1-2-4-13(12)9-14)18-8-7-17(30-18)16-11-24-20-19(26-16)15(10-23-20)22(28)29/h5-11H,1-4H2,(H,23,24)(H,25,27)(H,28,29). The van der Waals surface area contributed by atoms with Gasteiger partial charge >= 0.3 is 5.97 Å². The zero-order valence-corrected chi connectivity index (χ0v) is 16.8. The van der Waals surface area contributed by atoms with Crippen LogP contribution in [0.2, 0.25) is 0 Å². The van der Waals surface area contributed by atoms with E-state index in [0.717, 1.165) is 23.4 Å². The summed E-state index contributed by atoms with van der Waals surface area (Å²) in [6.45, 7) is 0. The van der Waals surface area contributed by atoms with E-state index in [-0.39, 0.29) is 11.5 Å². The molecular formula is C22H18N4O3S. The third-order valence-corrected chi connectivity index (χ3v) is 6.41. The fraction of sp³-hybridized carbons (Fsp3) is 0.182. The fourth-order valence-electron chi connectivity index (χ4n) is 3.77. The number of carbonyl (C=O) groups is 2. The maximum Gasteiger partial charge on any atom is 0.339 e. The molecule has 30 heavy (non-hydrogen) atoms. The predicted molar refractivity (Wildman–Crippen MR) is 115 cm³/mol. The second-order valence-electron chi connectivity index (χ2n) is 7.27. The summed E-state index contributed by atoms with van der Waals surface area (Å²) in [6.07, 6.45) is 7.52. The van der Waals surface area contributed by atoms with Crippen molar-refractivity contribution in [2.24, 2.45) is 0 Å². The summed E-state index contributed by atoms with van der Waals surface area (Å²) in [5.41, 5.74) is 4.80. The smallest absolute Gasteiger partial charge is 0.339 e. The summed E-state index contributed by atoms with van der Waals surface area (Å²) in [4.78, 5) is 36.9. The van der Waals surface area contributed by atoms with Gasteiger partial charge in [-0.1, -0.05) is 6.07 Å². The number of aromatic nitrogens is 3. The van der Waals surface area contributed by atoms with E-state index in [2.05, 4.69) is 32.4 Å². The molecule has 1 amide bonds. The van der Waals surface area contributed by atoms with E-state index in [9.17, 15) is 14.7 Å². The molecule has 1 aliphatic rings. The highest BCUT2D eigenvalue weighted by molar-refractivity contribution is 7.17. The Morgan fingerprint density at radius 3 is 2.77 bits per heavy atom. The summed E-state index contributed by atoms with van der Waals surface area (Å²) in [6, 6.07) is 9.67. The molecule has 3 N–H and O–H groups in total. The van der Waals surface area contributed by atoms with Gasteiger partial charge in [0.2, 0.25) is 0 Å². The van der Waals surface area contributed by atoms with Crippen molar-refractivity contribution in [2.45, 2.75) is 25.7 Å². The normalized spacial score (nSPS) is 13.2. The molecule has 1 aromatic carbocycles. The molecule has 0 radical (unpaired) electrons. The zero-order valence-electron chi connectivity index (χ0n) is 15.9. The summed E-state index contributed by atoms with van der Waals surface area (Å²) in [5.74, 6) is -1.24. The summed E-state index contributed by atoms with van der Waals surface area (Å²) in [5, 5.41) is 12.3. The lowest BCUT2D eigenvalue weighted by atomic mass is 9.91. The van der Waals surface area contributed by atoms with Gasteiger partial charge in [-0.2, -0.15) is 0 Å². The maximum atomic E-state index is 12.7. The number of aryl methyl sites for hydroxylation is 2. The molecule has 3 heterocycles. The minimum absolute atomic E-state index is 0.0706. The van der Waals surface area contributed by atoms with Crippen LogP contribution in [0.15, 0.2) is 42.7 Å². The van der Waals surface area contributed by atoms with Gasteiger partial charge in [-0.15, -0.1) is 11.3 Å². The first kappa shape index (κ1) is 18.5. The lowest BCUT2D eigenvalue weighted by Crippen LogP contribution is -2.11. The van der Waals surface area contributed by atoms with Crippen LogP contribution in [0.25, 0.3) is 21.7 Å². The molecule has 0 saturated carbocycles.